The monoisotopic (exact) mass is 280 g/mol. The lowest BCUT2D eigenvalue weighted by Gasteiger charge is -2.37. The summed E-state index contributed by atoms with van der Waals surface area (Å²) >= 11 is 3.59. The second-order valence-electron chi connectivity index (χ2n) is 5.13. The highest BCUT2D eigenvalue weighted by atomic mass is 79.9. The Balaban J connectivity index is 1.98. The molecule has 1 spiro atoms. The van der Waals surface area contributed by atoms with Crippen molar-refractivity contribution in [3.8, 4) is 0 Å². The molecule has 1 aromatic carbocycles. The first-order valence-electron chi connectivity index (χ1n) is 5.92. The molecule has 2 aliphatic rings. The summed E-state index contributed by atoms with van der Waals surface area (Å²) in [5, 5.41) is 3.56. The van der Waals surface area contributed by atoms with Gasteiger partial charge in [0, 0.05) is 22.1 Å². The van der Waals surface area contributed by atoms with Crippen molar-refractivity contribution in [2.45, 2.75) is 18.3 Å². The molecule has 3 rings (SSSR count). The van der Waals surface area contributed by atoms with E-state index >= 15 is 0 Å². The lowest BCUT2D eigenvalue weighted by molar-refractivity contribution is 0.200. The van der Waals surface area contributed by atoms with Gasteiger partial charge in [-0.3, -0.25) is 0 Å². The second kappa shape index (κ2) is 3.74. The standard InChI is InChI=1S/C13H17BrN2/c1-16-6-4-13(5-7-16)9-15-12-3-2-10(14)8-11(12)13/h2-3,8,15H,4-7,9H2,1H3. The number of nitrogens with zero attached hydrogens (tertiary/aromatic N) is 1. The van der Waals surface area contributed by atoms with Gasteiger partial charge in [0.15, 0.2) is 0 Å². The molecular weight excluding hydrogens is 264 g/mol. The fourth-order valence-corrected chi connectivity index (χ4v) is 3.32. The van der Waals surface area contributed by atoms with Crippen LogP contribution in [0.3, 0.4) is 0 Å². The summed E-state index contributed by atoms with van der Waals surface area (Å²) in [5.74, 6) is 0. The number of nitrogens with one attached hydrogen (secondary N) is 1. The van der Waals surface area contributed by atoms with Crippen LogP contribution >= 0.6 is 15.9 Å². The smallest absolute Gasteiger partial charge is 0.0380 e. The van der Waals surface area contributed by atoms with Crippen molar-refractivity contribution in [3.05, 3.63) is 28.2 Å². The number of benzene rings is 1. The maximum absolute atomic E-state index is 3.59. The van der Waals surface area contributed by atoms with Gasteiger partial charge < -0.3 is 10.2 Å². The molecule has 0 atom stereocenters. The second-order valence-corrected chi connectivity index (χ2v) is 6.04. The van der Waals surface area contributed by atoms with Gasteiger partial charge in [-0.25, -0.2) is 0 Å². The third kappa shape index (κ3) is 1.57. The van der Waals surface area contributed by atoms with Gasteiger partial charge in [0.05, 0.1) is 0 Å². The van der Waals surface area contributed by atoms with Crippen molar-refractivity contribution in [2.24, 2.45) is 0 Å². The third-order valence-corrected chi connectivity index (χ3v) is 4.61. The summed E-state index contributed by atoms with van der Waals surface area (Å²) in [6.07, 6.45) is 2.56. The van der Waals surface area contributed by atoms with Crippen LogP contribution < -0.4 is 5.32 Å². The van der Waals surface area contributed by atoms with Crippen LogP contribution in [-0.2, 0) is 5.41 Å². The minimum absolute atomic E-state index is 0.394. The Labute approximate surface area is 105 Å². The number of fused-ring (bicyclic) bond motifs is 2. The summed E-state index contributed by atoms with van der Waals surface area (Å²) < 4.78 is 1.20. The SMILES string of the molecule is CN1CCC2(CC1)CNc1ccc(Br)cc12. The van der Waals surface area contributed by atoms with Crippen LogP contribution in [0.5, 0.6) is 0 Å². The van der Waals surface area contributed by atoms with E-state index in [9.17, 15) is 0 Å². The predicted octanol–water partition coefficient (Wildman–Crippen LogP) is 2.84. The fraction of sp³-hybridized carbons (Fsp3) is 0.538. The van der Waals surface area contributed by atoms with E-state index in [4.69, 9.17) is 0 Å². The van der Waals surface area contributed by atoms with Crippen LogP contribution in [0.25, 0.3) is 0 Å². The Morgan fingerprint density at radius 2 is 2.06 bits per heavy atom. The van der Waals surface area contributed by atoms with Gasteiger partial charge in [-0.1, -0.05) is 15.9 Å². The number of halogens is 1. The Kier molecular flexibility index (Phi) is 2.48. The summed E-state index contributed by atoms with van der Waals surface area (Å²) in [5.41, 5.74) is 3.26. The predicted molar refractivity (Wildman–Crippen MR) is 71.0 cm³/mol. The summed E-state index contributed by atoms with van der Waals surface area (Å²) in [6, 6.07) is 6.63. The Bertz CT molecular complexity index is 408. The van der Waals surface area contributed by atoms with Crippen LogP contribution in [0.2, 0.25) is 0 Å². The first-order chi connectivity index (χ1) is 7.70. The van der Waals surface area contributed by atoms with Crippen LogP contribution in [0.4, 0.5) is 5.69 Å². The van der Waals surface area contributed by atoms with E-state index in [-0.39, 0.29) is 0 Å². The first-order valence-corrected chi connectivity index (χ1v) is 6.71. The number of anilines is 1. The van der Waals surface area contributed by atoms with E-state index in [1.54, 1.807) is 0 Å². The molecule has 16 heavy (non-hydrogen) atoms. The normalized spacial score (nSPS) is 23.1. The lowest BCUT2D eigenvalue weighted by Crippen LogP contribution is -2.42. The van der Waals surface area contributed by atoms with E-state index in [1.807, 2.05) is 0 Å². The summed E-state index contributed by atoms with van der Waals surface area (Å²) in [6.45, 7) is 3.55. The molecule has 86 valence electrons. The molecular formula is C13H17BrN2. The molecule has 0 radical (unpaired) electrons. The highest BCUT2D eigenvalue weighted by molar-refractivity contribution is 9.10. The molecule has 1 N–H and O–H groups in total. The Morgan fingerprint density at radius 3 is 2.81 bits per heavy atom. The first kappa shape index (κ1) is 10.6. The highest BCUT2D eigenvalue weighted by Gasteiger charge is 2.40. The molecule has 2 heterocycles. The van der Waals surface area contributed by atoms with Gasteiger partial charge >= 0.3 is 0 Å². The average Bonchev–Trinajstić information content (AvgIpc) is 2.62. The molecule has 0 amide bonds. The van der Waals surface area contributed by atoms with Gasteiger partial charge in [-0.05, 0) is 56.7 Å². The van der Waals surface area contributed by atoms with Gasteiger partial charge in [-0.2, -0.15) is 0 Å². The molecule has 0 unspecified atom stereocenters. The topological polar surface area (TPSA) is 15.3 Å². The van der Waals surface area contributed by atoms with Crippen molar-refractivity contribution >= 4 is 21.6 Å². The molecule has 2 nitrogen and oxygen atoms in total. The molecule has 3 heteroatoms. The van der Waals surface area contributed by atoms with Gasteiger partial charge in [0.2, 0.25) is 0 Å². The third-order valence-electron chi connectivity index (χ3n) is 4.11. The van der Waals surface area contributed by atoms with E-state index < -0.39 is 0 Å². The molecule has 1 saturated heterocycles. The van der Waals surface area contributed by atoms with Crippen molar-refractivity contribution in [2.75, 3.05) is 32.0 Å². The zero-order valence-electron chi connectivity index (χ0n) is 9.59. The van der Waals surface area contributed by atoms with E-state index in [0.29, 0.717) is 5.41 Å². The van der Waals surface area contributed by atoms with Crippen LogP contribution in [0.1, 0.15) is 18.4 Å². The largest absolute Gasteiger partial charge is 0.384 e. The number of hydrogen-bond acceptors (Lipinski definition) is 2. The minimum Gasteiger partial charge on any atom is -0.384 e. The number of hydrogen-bond donors (Lipinski definition) is 1. The van der Waals surface area contributed by atoms with Crippen molar-refractivity contribution in [1.82, 2.24) is 4.90 Å². The Hall–Kier alpha value is -0.540. The van der Waals surface area contributed by atoms with Crippen LogP contribution in [0, 0.1) is 0 Å². The molecule has 2 aliphatic heterocycles. The van der Waals surface area contributed by atoms with Gasteiger partial charge in [-0.15, -0.1) is 0 Å². The van der Waals surface area contributed by atoms with Crippen molar-refractivity contribution < 1.29 is 0 Å². The molecule has 0 aromatic heterocycles. The Morgan fingerprint density at radius 1 is 1.31 bits per heavy atom. The molecule has 0 saturated carbocycles. The zero-order valence-corrected chi connectivity index (χ0v) is 11.2. The summed E-state index contributed by atoms with van der Waals surface area (Å²) in [4.78, 5) is 2.43. The zero-order chi connectivity index (χ0) is 11.2. The number of rotatable bonds is 0. The van der Waals surface area contributed by atoms with Crippen molar-refractivity contribution in [3.63, 3.8) is 0 Å². The van der Waals surface area contributed by atoms with Crippen LogP contribution in [-0.4, -0.2) is 31.6 Å². The molecule has 1 aromatic rings. The molecule has 1 fully saturated rings. The highest BCUT2D eigenvalue weighted by Crippen LogP contribution is 2.44. The maximum atomic E-state index is 3.59. The minimum atomic E-state index is 0.394. The fourth-order valence-electron chi connectivity index (χ4n) is 2.96. The van der Waals surface area contributed by atoms with E-state index in [0.717, 1.165) is 6.54 Å². The molecule has 0 bridgehead atoms. The van der Waals surface area contributed by atoms with E-state index in [2.05, 4.69) is 51.4 Å². The maximum Gasteiger partial charge on any atom is 0.0380 e. The van der Waals surface area contributed by atoms with Crippen molar-refractivity contribution in [1.29, 1.82) is 0 Å². The molecule has 0 aliphatic carbocycles. The average molecular weight is 281 g/mol. The van der Waals surface area contributed by atoms with Gasteiger partial charge in [0.25, 0.3) is 0 Å². The summed E-state index contributed by atoms with van der Waals surface area (Å²) in [7, 11) is 2.22. The van der Waals surface area contributed by atoms with E-state index in [1.165, 1.54) is 41.7 Å². The van der Waals surface area contributed by atoms with Gasteiger partial charge in [0.1, 0.15) is 0 Å². The lowest BCUT2D eigenvalue weighted by atomic mass is 9.74. The number of piperidine rings is 1. The number of likely N-dealkylation sites (tertiary alicyclic amines) is 1. The quantitative estimate of drug-likeness (QED) is 0.786. The van der Waals surface area contributed by atoms with Crippen LogP contribution in [0.15, 0.2) is 22.7 Å².